The zero-order valence-corrected chi connectivity index (χ0v) is 15.4. The summed E-state index contributed by atoms with van der Waals surface area (Å²) in [4.78, 5) is 13.8. The quantitative estimate of drug-likeness (QED) is 0.877. The Hall–Kier alpha value is -2.34. The predicted octanol–water partition coefficient (Wildman–Crippen LogP) is 2.71. The lowest BCUT2D eigenvalue weighted by atomic mass is 10.1. The summed E-state index contributed by atoms with van der Waals surface area (Å²) in [5, 5.41) is 7.95. The van der Waals surface area contributed by atoms with E-state index < -0.39 is 0 Å². The molecule has 0 spiro atoms. The van der Waals surface area contributed by atoms with E-state index in [1.54, 1.807) is 11.8 Å². The van der Waals surface area contributed by atoms with Gasteiger partial charge in [-0.25, -0.2) is 4.68 Å². The Kier molecular flexibility index (Phi) is 5.08. The molecule has 1 aliphatic heterocycles. The molecule has 6 heteroatoms. The first-order chi connectivity index (χ1) is 12.0. The highest BCUT2D eigenvalue weighted by molar-refractivity contribution is 5.95. The van der Waals surface area contributed by atoms with Crippen molar-refractivity contribution in [1.82, 2.24) is 15.1 Å². The van der Waals surface area contributed by atoms with Crippen LogP contribution in [0.15, 0.2) is 24.3 Å². The molecule has 1 aromatic heterocycles. The number of ether oxygens (including phenoxy) is 1. The van der Waals surface area contributed by atoms with Crippen LogP contribution in [0, 0.1) is 6.92 Å². The molecule has 6 nitrogen and oxygen atoms in total. The second-order valence-corrected chi connectivity index (χ2v) is 6.54. The van der Waals surface area contributed by atoms with E-state index in [2.05, 4.69) is 29.5 Å². The summed E-state index contributed by atoms with van der Waals surface area (Å²) in [7, 11) is 3.55. The van der Waals surface area contributed by atoms with Gasteiger partial charge in [-0.1, -0.05) is 12.1 Å². The Balaban J connectivity index is 1.72. The first-order valence-corrected chi connectivity index (χ1v) is 8.71. The monoisotopic (exact) mass is 342 g/mol. The Morgan fingerprint density at radius 3 is 2.88 bits per heavy atom. The summed E-state index contributed by atoms with van der Waals surface area (Å²) < 4.78 is 7.21. The molecule has 1 saturated heterocycles. The SMILES string of the molecule is COc1c(CN[C@@H](C)c2cccc(N3CCCC3=O)c2)c(C)nn1C. The number of aryl methyl sites for hydroxylation is 2. The van der Waals surface area contributed by atoms with Gasteiger partial charge in [-0.15, -0.1) is 0 Å². The van der Waals surface area contributed by atoms with Crippen molar-refractivity contribution >= 4 is 11.6 Å². The van der Waals surface area contributed by atoms with Gasteiger partial charge < -0.3 is 15.0 Å². The number of hydrogen-bond acceptors (Lipinski definition) is 4. The number of aromatic nitrogens is 2. The maximum absolute atomic E-state index is 12.0. The average molecular weight is 342 g/mol. The molecule has 0 bridgehead atoms. The molecule has 0 saturated carbocycles. The summed E-state index contributed by atoms with van der Waals surface area (Å²) in [6.45, 7) is 5.61. The van der Waals surface area contributed by atoms with Crippen molar-refractivity contribution < 1.29 is 9.53 Å². The van der Waals surface area contributed by atoms with Crippen LogP contribution >= 0.6 is 0 Å². The van der Waals surface area contributed by atoms with E-state index in [1.165, 1.54) is 0 Å². The molecule has 0 radical (unpaired) electrons. The predicted molar refractivity (Wildman–Crippen MR) is 97.8 cm³/mol. The molecule has 2 heterocycles. The molecule has 1 atom stereocenters. The lowest BCUT2D eigenvalue weighted by Crippen LogP contribution is -2.24. The highest BCUT2D eigenvalue weighted by atomic mass is 16.5. The third-order valence-corrected chi connectivity index (χ3v) is 4.82. The van der Waals surface area contributed by atoms with Crippen molar-refractivity contribution in [2.24, 2.45) is 7.05 Å². The van der Waals surface area contributed by atoms with E-state index in [4.69, 9.17) is 4.74 Å². The smallest absolute Gasteiger partial charge is 0.227 e. The topological polar surface area (TPSA) is 59.4 Å². The molecule has 134 valence electrons. The van der Waals surface area contributed by atoms with Gasteiger partial charge in [0.2, 0.25) is 11.8 Å². The average Bonchev–Trinajstić information content (AvgIpc) is 3.15. The molecule has 0 unspecified atom stereocenters. The van der Waals surface area contributed by atoms with Crippen molar-refractivity contribution in [1.29, 1.82) is 0 Å². The normalized spacial score (nSPS) is 15.7. The van der Waals surface area contributed by atoms with Crippen LogP contribution < -0.4 is 15.0 Å². The zero-order valence-electron chi connectivity index (χ0n) is 15.4. The van der Waals surface area contributed by atoms with Crippen molar-refractivity contribution in [3.63, 3.8) is 0 Å². The first kappa shape index (κ1) is 17.5. The van der Waals surface area contributed by atoms with E-state index in [1.807, 2.05) is 31.0 Å². The van der Waals surface area contributed by atoms with Gasteiger partial charge >= 0.3 is 0 Å². The molecule has 1 aliphatic rings. The first-order valence-electron chi connectivity index (χ1n) is 8.71. The molecule has 1 amide bonds. The van der Waals surface area contributed by atoms with Crippen LogP contribution in [0.4, 0.5) is 5.69 Å². The fourth-order valence-corrected chi connectivity index (χ4v) is 3.40. The summed E-state index contributed by atoms with van der Waals surface area (Å²) >= 11 is 0. The highest BCUT2D eigenvalue weighted by Gasteiger charge is 2.22. The molecule has 1 N–H and O–H groups in total. The van der Waals surface area contributed by atoms with Gasteiger partial charge in [0.1, 0.15) is 0 Å². The van der Waals surface area contributed by atoms with Gasteiger partial charge in [-0.05, 0) is 38.0 Å². The number of hydrogen-bond donors (Lipinski definition) is 1. The minimum Gasteiger partial charge on any atom is -0.481 e. The lowest BCUT2D eigenvalue weighted by molar-refractivity contribution is -0.117. The van der Waals surface area contributed by atoms with E-state index in [-0.39, 0.29) is 11.9 Å². The van der Waals surface area contributed by atoms with Gasteiger partial charge in [0.15, 0.2) is 0 Å². The summed E-state index contributed by atoms with van der Waals surface area (Å²) in [6, 6.07) is 8.38. The fourth-order valence-electron chi connectivity index (χ4n) is 3.40. The number of benzene rings is 1. The van der Waals surface area contributed by atoms with Crippen LogP contribution in [0.25, 0.3) is 0 Å². The minimum absolute atomic E-state index is 0.155. The fraction of sp³-hybridized carbons (Fsp3) is 0.474. The van der Waals surface area contributed by atoms with Gasteiger partial charge in [0, 0.05) is 38.3 Å². The zero-order chi connectivity index (χ0) is 18.0. The van der Waals surface area contributed by atoms with Gasteiger partial charge in [0.05, 0.1) is 18.4 Å². The largest absolute Gasteiger partial charge is 0.481 e. The number of nitrogens with one attached hydrogen (secondary N) is 1. The van der Waals surface area contributed by atoms with E-state index in [0.29, 0.717) is 13.0 Å². The van der Waals surface area contributed by atoms with Crippen molar-refractivity contribution in [2.75, 3.05) is 18.6 Å². The number of amides is 1. The number of carbonyl (C=O) groups is 1. The van der Waals surface area contributed by atoms with Crippen molar-refractivity contribution in [3.05, 3.63) is 41.1 Å². The standard InChI is InChI=1S/C19H26N4O2/c1-13(20-12-17-14(2)21-22(3)19(17)25-4)15-7-5-8-16(11-15)23-10-6-9-18(23)24/h5,7-8,11,13,20H,6,9-10,12H2,1-4H3/t13-/m0/s1. The molecule has 1 fully saturated rings. The second-order valence-electron chi connectivity index (χ2n) is 6.54. The van der Waals surface area contributed by atoms with Gasteiger partial charge in [-0.3, -0.25) is 4.79 Å². The van der Waals surface area contributed by atoms with Crippen LogP contribution in [-0.2, 0) is 18.4 Å². The van der Waals surface area contributed by atoms with Crippen LogP contribution in [0.3, 0.4) is 0 Å². The summed E-state index contributed by atoms with van der Waals surface area (Å²) in [5.74, 6) is 1.00. The Labute approximate surface area is 148 Å². The van der Waals surface area contributed by atoms with Gasteiger partial charge in [-0.2, -0.15) is 5.10 Å². The third kappa shape index (κ3) is 3.54. The molecule has 3 rings (SSSR count). The number of carbonyl (C=O) groups excluding carboxylic acids is 1. The van der Waals surface area contributed by atoms with Crippen LogP contribution in [0.5, 0.6) is 5.88 Å². The highest BCUT2D eigenvalue weighted by Crippen LogP contribution is 2.26. The molecular weight excluding hydrogens is 316 g/mol. The maximum Gasteiger partial charge on any atom is 0.227 e. The lowest BCUT2D eigenvalue weighted by Gasteiger charge is -2.19. The van der Waals surface area contributed by atoms with Crippen LogP contribution in [-0.4, -0.2) is 29.3 Å². The minimum atomic E-state index is 0.155. The summed E-state index contributed by atoms with van der Waals surface area (Å²) in [5.41, 5.74) is 4.19. The number of rotatable bonds is 6. The number of nitrogens with zero attached hydrogens (tertiary/aromatic N) is 3. The van der Waals surface area contributed by atoms with E-state index in [0.717, 1.165) is 41.4 Å². The molecule has 0 aliphatic carbocycles. The third-order valence-electron chi connectivity index (χ3n) is 4.82. The molecule has 2 aromatic rings. The van der Waals surface area contributed by atoms with E-state index in [9.17, 15) is 4.79 Å². The molecular formula is C19H26N4O2. The Morgan fingerprint density at radius 2 is 2.20 bits per heavy atom. The van der Waals surface area contributed by atoms with Crippen molar-refractivity contribution in [3.8, 4) is 5.88 Å². The number of methoxy groups -OCH3 is 1. The van der Waals surface area contributed by atoms with Gasteiger partial charge in [0.25, 0.3) is 0 Å². The number of anilines is 1. The molecule has 25 heavy (non-hydrogen) atoms. The molecule has 1 aromatic carbocycles. The van der Waals surface area contributed by atoms with Crippen LogP contribution in [0.1, 0.15) is 42.6 Å². The Morgan fingerprint density at radius 1 is 1.40 bits per heavy atom. The summed E-state index contributed by atoms with van der Waals surface area (Å²) in [6.07, 6.45) is 1.59. The maximum atomic E-state index is 12.0. The second kappa shape index (κ2) is 7.27. The van der Waals surface area contributed by atoms with Crippen molar-refractivity contribution in [2.45, 2.75) is 39.3 Å². The van der Waals surface area contributed by atoms with E-state index >= 15 is 0 Å². The van der Waals surface area contributed by atoms with Crippen LogP contribution in [0.2, 0.25) is 0 Å². The Bertz CT molecular complexity index is 769.